The lowest BCUT2D eigenvalue weighted by Crippen LogP contribution is -2.36. The largest absolute Gasteiger partial charge is 0.347 e. The molecule has 0 rings (SSSR count). The summed E-state index contributed by atoms with van der Waals surface area (Å²) in [5.74, 6) is -1.25. The first kappa shape index (κ1) is 21.3. The van der Waals surface area contributed by atoms with Gasteiger partial charge in [-0.1, -0.05) is 0 Å². The van der Waals surface area contributed by atoms with Crippen molar-refractivity contribution in [1.29, 1.82) is 0 Å². The molecule has 0 radical (unpaired) electrons. The highest BCUT2D eigenvalue weighted by Gasteiger charge is 2.38. The third-order valence-electron chi connectivity index (χ3n) is 2.67. The van der Waals surface area contributed by atoms with Gasteiger partial charge in [-0.2, -0.15) is 0 Å². The van der Waals surface area contributed by atoms with Crippen LogP contribution in [0.4, 0.5) is 0 Å². The molecule has 128 valence electrons. The molecular weight excluding hydrogens is 316 g/mol. The van der Waals surface area contributed by atoms with Crippen LogP contribution in [0.5, 0.6) is 0 Å². The SMILES string of the molecule is CCOP(=O)(OCC)C(C)NC(C)P(=O)(OCC)OCC. The van der Waals surface area contributed by atoms with Crippen molar-refractivity contribution >= 4 is 15.2 Å². The zero-order chi connectivity index (χ0) is 16.5. The van der Waals surface area contributed by atoms with Crippen LogP contribution in [0.15, 0.2) is 0 Å². The maximum absolute atomic E-state index is 12.6. The molecule has 0 saturated heterocycles. The Morgan fingerprint density at radius 1 is 0.714 bits per heavy atom. The molecule has 0 aromatic carbocycles. The van der Waals surface area contributed by atoms with E-state index >= 15 is 0 Å². The summed E-state index contributed by atoms with van der Waals surface area (Å²) in [7, 11) is -6.63. The molecule has 2 unspecified atom stereocenters. The molecule has 0 heterocycles. The Bertz CT molecular complexity index is 325. The lowest BCUT2D eigenvalue weighted by Gasteiger charge is -2.30. The van der Waals surface area contributed by atoms with Gasteiger partial charge in [0.25, 0.3) is 0 Å². The van der Waals surface area contributed by atoms with Crippen molar-refractivity contribution in [3.8, 4) is 0 Å². The Balaban J connectivity index is 4.97. The fraction of sp³-hybridized carbons (Fsp3) is 1.00. The topological polar surface area (TPSA) is 83.1 Å². The predicted octanol–water partition coefficient (Wildman–Crippen LogP) is 3.80. The normalized spacial score (nSPS) is 15.9. The van der Waals surface area contributed by atoms with Crippen molar-refractivity contribution in [2.45, 2.75) is 53.1 Å². The molecule has 0 aromatic rings. The molecule has 0 spiro atoms. The van der Waals surface area contributed by atoms with E-state index in [-0.39, 0.29) is 26.4 Å². The summed E-state index contributed by atoms with van der Waals surface area (Å²) in [5.41, 5.74) is 0. The summed E-state index contributed by atoms with van der Waals surface area (Å²) in [6.45, 7) is 11.4. The fourth-order valence-electron chi connectivity index (χ4n) is 1.77. The van der Waals surface area contributed by atoms with Gasteiger partial charge in [-0.3, -0.25) is 14.4 Å². The van der Waals surface area contributed by atoms with E-state index in [0.29, 0.717) is 0 Å². The van der Waals surface area contributed by atoms with Gasteiger partial charge in [-0.05, 0) is 41.5 Å². The highest BCUT2D eigenvalue weighted by Crippen LogP contribution is 2.56. The zero-order valence-electron chi connectivity index (χ0n) is 13.8. The van der Waals surface area contributed by atoms with E-state index in [1.165, 1.54) is 0 Å². The summed E-state index contributed by atoms with van der Waals surface area (Å²) < 4.78 is 46.3. The zero-order valence-corrected chi connectivity index (χ0v) is 15.6. The van der Waals surface area contributed by atoms with Crippen LogP contribution in [0.3, 0.4) is 0 Å². The third-order valence-corrected chi connectivity index (χ3v) is 7.34. The van der Waals surface area contributed by atoms with Gasteiger partial charge in [0, 0.05) is 0 Å². The second kappa shape index (κ2) is 10.1. The molecule has 2 atom stereocenters. The van der Waals surface area contributed by atoms with Crippen molar-refractivity contribution in [3.05, 3.63) is 0 Å². The van der Waals surface area contributed by atoms with E-state index in [9.17, 15) is 9.13 Å². The molecule has 0 fully saturated rings. The molecular formula is C12H29NO6P2. The van der Waals surface area contributed by atoms with Crippen molar-refractivity contribution in [3.63, 3.8) is 0 Å². The van der Waals surface area contributed by atoms with Gasteiger partial charge >= 0.3 is 15.2 Å². The fourth-order valence-corrected chi connectivity index (χ4v) is 5.19. The maximum Gasteiger partial charge on any atom is 0.347 e. The molecule has 1 N–H and O–H groups in total. The minimum Gasteiger partial charge on any atom is -0.308 e. The van der Waals surface area contributed by atoms with E-state index in [0.717, 1.165) is 0 Å². The van der Waals surface area contributed by atoms with Crippen LogP contribution in [0, 0.1) is 0 Å². The number of rotatable bonds is 12. The second-order valence-electron chi connectivity index (χ2n) is 4.27. The molecule has 0 aromatic heterocycles. The molecule has 0 aliphatic heterocycles. The minimum absolute atomic E-state index is 0.270. The molecule has 0 bridgehead atoms. The smallest absolute Gasteiger partial charge is 0.308 e. The van der Waals surface area contributed by atoms with E-state index in [1.807, 2.05) is 0 Å². The highest BCUT2D eigenvalue weighted by atomic mass is 31.2. The molecule has 7 nitrogen and oxygen atoms in total. The number of nitrogens with one attached hydrogen (secondary N) is 1. The molecule has 0 aliphatic rings. The van der Waals surface area contributed by atoms with Crippen LogP contribution < -0.4 is 5.32 Å². The Morgan fingerprint density at radius 3 is 1.14 bits per heavy atom. The van der Waals surface area contributed by atoms with Crippen LogP contribution in [0.2, 0.25) is 0 Å². The van der Waals surface area contributed by atoms with Crippen LogP contribution in [0.25, 0.3) is 0 Å². The van der Waals surface area contributed by atoms with E-state index in [4.69, 9.17) is 18.1 Å². The van der Waals surface area contributed by atoms with Crippen molar-refractivity contribution in [2.75, 3.05) is 26.4 Å². The van der Waals surface area contributed by atoms with Crippen molar-refractivity contribution in [1.82, 2.24) is 5.32 Å². The predicted molar refractivity (Wildman–Crippen MR) is 83.8 cm³/mol. The number of hydrogen-bond acceptors (Lipinski definition) is 7. The molecule has 0 aliphatic carbocycles. The first-order chi connectivity index (χ1) is 9.79. The van der Waals surface area contributed by atoms with Gasteiger partial charge < -0.3 is 18.1 Å². The van der Waals surface area contributed by atoms with Crippen molar-refractivity contribution < 1.29 is 27.2 Å². The average molecular weight is 345 g/mol. The Hall–Kier alpha value is 0.260. The highest BCUT2D eigenvalue weighted by molar-refractivity contribution is 7.55. The first-order valence-corrected chi connectivity index (χ1v) is 10.6. The average Bonchev–Trinajstić information content (AvgIpc) is 2.39. The van der Waals surface area contributed by atoms with Crippen molar-refractivity contribution in [2.24, 2.45) is 0 Å². The van der Waals surface area contributed by atoms with E-state index in [1.54, 1.807) is 41.5 Å². The molecule has 0 amide bonds. The molecule has 9 heteroatoms. The molecule has 21 heavy (non-hydrogen) atoms. The maximum atomic E-state index is 12.6. The quantitative estimate of drug-likeness (QED) is 0.539. The summed E-state index contributed by atoms with van der Waals surface area (Å²) in [6.07, 6.45) is 0. The Kier molecular flexibility index (Phi) is 10.2. The summed E-state index contributed by atoms with van der Waals surface area (Å²) in [5, 5.41) is 2.97. The van der Waals surface area contributed by atoms with E-state index < -0.39 is 26.8 Å². The van der Waals surface area contributed by atoms with Gasteiger partial charge in [-0.15, -0.1) is 0 Å². The van der Waals surface area contributed by atoms with Crippen LogP contribution in [0.1, 0.15) is 41.5 Å². The standard InChI is InChI=1S/C12H29NO6P2/c1-7-16-20(14,17-8-2)11(5)13-12(6)21(15,18-9-3)19-10-4/h11-13H,7-10H2,1-6H3. The lowest BCUT2D eigenvalue weighted by atomic mass is 10.6. The Labute approximate surface area is 128 Å². The van der Waals surface area contributed by atoms with Gasteiger partial charge in [0.05, 0.1) is 26.4 Å². The van der Waals surface area contributed by atoms with E-state index in [2.05, 4.69) is 5.32 Å². The van der Waals surface area contributed by atoms with Crippen LogP contribution in [-0.4, -0.2) is 38.0 Å². The summed E-state index contributed by atoms with van der Waals surface area (Å²) in [6, 6.07) is 0. The van der Waals surface area contributed by atoms with Gasteiger partial charge in [0.15, 0.2) is 0 Å². The second-order valence-corrected chi connectivity index (χ2v) is 9.01. The third kappa shape index (κ3) is 6.49. The van der Waals surface area contributed by atoms with Crippen LogP contribution in [-0.2, 0) is 27.2 Å². The summed E-state index contributed by atoms with van der Waals surface area (Å²) >= 11 is 0. The molecule has 0 saturated carbocycles. The van der Waals surface area contributed by atoms with Gasteiger partial charge in [0.1, 0.15) is 11.6 Å². The lowest BCUT2D eigenvalue weighted by molar-refractivity contribution is 0.198. The number of hydrogen-bond donors (Lipinski definition) is 1. The van der Waals surface area contributed by atoms with Gasteiger partial charge in [-0.25, -0.2) is 0 Å². The first-order valence-electron chi connectivity index (χ1n) is 7.33. The minimum atomic E-state index is -3.32. The van der Waals surface area contributed by atoms with Gasteiger partial charge in [0.2, 0.25) is 0 Å². The summed E-state index contributed by atoms with van der Waals surface area (Å²) in [4.78, 5) is 0. The monoisotopic (exact) mass is 345 g/mol. The Morgan fingerprint density at radius 2 is 0.952 bits per heavy atom. The van der Waals surface area contributed by atoms with Crippen LogP contribution >= 0.6 is 15.2 Å².